The predicted octanol–water partition coefficient (Wildman–Crippen LogP) is 4.59. The summed E-state index contributed by atoms with van der Waals surface area (Å²) in [6, 6.07) is 9.08. The molecular weight excluding hydrogens is 551 g/mol. The van der Waals surface area contributed by atoms with Gasteiger partial charge in [0.15, 0.2) is 6.29 Å². The highest BCUT2D eigenvalue weighted by molar-refractivity contribution is 7.92. The van der Waals surface area contributed by atoms with E-state index in [1.54, 1.807) is 36.5 Å². The highest BCUT2D eigenvalue weighted by atomic mass is 32.2. The van der Waals surface area contributed by atoms with Crippen molar-refractivity contribution < 1.29 is 31.8 Å². The van der Waals surface area contributed by atoms with Crippen LogP contribution in [0, 0.1) is 5.82 Å². The second-order valence-corrected chi connectivity index (χ2v) is 12.0. The summed E-state index contributed by atoms with van der Waals surface area (Å²) < 4.78 is 56.6. The van der Waals surface area contributed by atoms with Gasteiger partial charge in [0.25, 0.3) is 0 Å². The van der Waals surface area contributed by atoms with Crippen molar-refractivity contribution in [2.24, 2.45) is 0 Å². The van der Waals surface area contributed by atoms with Gasteiger partial charge in [-0.3, -0.25) is 4.98 Å². The Kier molecular flexibility index (Phi) is 9.46. The molecule has 0 radical (unpaired) electrons. The van der Waals surface area contributed by atoms with Gasteiger partial charge < -0.3 is 14.2 Å². The number of ether oxygens (including phenoxy) is 3. The van der Waals surface area contributed by atoms with E-state index in [2.05, 4.69) is 15.0 Å². The van der Waals surface area contributed by atoms with E-state index in [-0.39, 0.29) is 11.9 Å². The number of nitrogens with zero attached hydrogens (tertiary/aromatic N) is 4. The highest BCUT2D eigenvalue weighted by Gasteiger charge is 2.31. The van der Waals surface area contributed by atoms with Crippen LogP contribution in [0.3, 0.4) is 0 Å². The summed E-state index contributed by atoms with van der Waals surface area (Å²) in [5, 5.41) is 0. The molecule has 3 atom stereocenters. The van der Waals surface area contributed by atoms with E-state index >= 15 is 0 Å². The van der Waals surface area contributed by atoms with Crippen LogP contribution in [0.5, 0.6) is 0 Å². The van der Waals surface area contributed by atoms with Crippen molar-refractivity contribution in [3.8, 4) is 11.3 Å². The first-order valence-electron chi connectivity index (χ1n) is 13.1. The van der Waals surface area contributed by atoms with E-state index < -0.39 is 40.3 Å². The van der Waals surface area contributed by atoms with Gasteiger partial charge in [-0.25, -0.2) is 31.9 Å². The Balaban J connectivity index is 1.71. The molecule has 1 aromatic carbocycles. The number of hydrogen-bond acceptors (Lipinski definition) is 9. The number of anilines is 1. The van der Waals surface area contributed by atoms with Crippen molar-refractivity contribution >= 4 is 28.0 Å². The van der Waals surface area contributed by atoms with E-state index in [1.807, 2.05) is 19.9 Å². The molecule has 0 N–H and O–H groups in total. The molecule has 3 heterocycles. The van der Waals surface area contributed by atoms with Crippen LogP contribution in [0.25, 0.3) is 17.3 Å². The number of methoxy groups -OCH3 is 1. The fraction of sp³-hybridized carbons (Fsp3) is 0.379. The number of esters is 1. The molecule has 0 bridgehead atoms. The van der Waals surface area contributed by atoms with Crippen molar-refractivity contribution in [2.75, 3.05) is 24.7 Å². The lowest BCUT2D eigenvalue weighted by molar-refractivity contribution is -0.191. The van der Waals surface area contributed by atoms with E-state index in [9.17, 15) is 17.6 Å². The zero-order valence-corrected chi connectivity index (χ0v) is 24.3. The molecule has 0 saturated carbocycles. The minimum absolute atomic E-state index is 0.00316. The number of sulfonamides is 1. The van der Waals surface area contributed by atoms with Crippen molar-refractivity contribution in [1.82, 2.24) is 15.0 Å². The number of rotatable bonds is 9. The molecule has 0 aliphatic carbocycles. The lowest BCUT2D eigenvalue weighted by atomic mass is 9.96. The maximum absolute atomic E-state index is 13.8. The topological polar surface area (TPSA) is 121 Å². The molecule has 2 aromatic heterocycles. The lowest BCUT2D eigenvalue weighted by Gasteiger charge is -2.33. The Hall–Kier alpha value is -3.74. The molecule has 3 aromatic rings. The maximum Gasteiger partial charge on any atom is 0.339 e. The summed E-state index contributed by atoms with van der Waals surface area (Å²) in [6.45, 7) is 3.87. The van der Waals surface area contributed by atoms with Gasteiger partial charge in [-0.15, -0.1) is 0 Å². The second-order valence-electron chi connectivity index (χ2n) is 10.0. The molecule has 1 saturated heterocycles. The molecule has 1 fully saturated rings. The quantitative estimate of drug-likeness (QED) is 0.333. The number of halogens is 1. The van der Waals surface area contributed by atoms with Gasteiger partial charge in [-0.1, -0.05) is 26.0 Å². The van der Waals surface area contributed by atoms with E-state index in [0.717, 1.165) is 10.6 Å². The van der Waals surface area contributed by atoms with Crippen molar-refractivity contribution in [3.63, 3.8) is 0 Å². The number of carbonyl (C=O) groups is 1. The van der Waals surface area contributed by atoms with E-state index in [1.165, 1.54) is 32.5 Å². The first-order valence-corrected chi connectivity index (χ1v) is 14.9. The number of benzene rings is 1. The minimum atomic E-state index is -3.64. The SMILES string of the molecule is COC1C[C@H](OC(=O)c2cccnc2)C[C@@H](C=Cc2c(-c3ccc(F)cc3)nc(N(C)S(C)(=O)=O)nc2C(C)C)O1. The Morgan fingerprint density at radius 1 is 1.17 bits per heavy atom. The fourth-order valence-electron chi connectivity index (χ4n) is 4.35. The van der Waals surface area contributed by atoms with Gasteiger partial charge in [0.05, 0.1) is 29.3 Å². The van der Waals surface area contributed by atoms with Crippen LogP contribution in [-0.2, 0) is 24.2 Å². The molecule has 12 heteroatoms. The summed E-state index contributed by atoms with van der Waals surface area (Å²) in [5.41, 5.74) is 2.59. The third-order valence-corrected chi connectivity index (χ3v) is 7.75. The van der Waals surface area contributed by atoms with Gasteiger partial charge in [0, 0.05) is 50.5 Å². The zero-order chi connectivity index (χ0) is 29.7. The molecular formula is C29H33FN4O6S. The summed E-state index contributed by atoms with van der Waals surface area (Å²) in [5.74, 6) is -1.01. The van der Waals surface area contributed by atoms with Crippen LogP contribution in [0.4, 0.5) is 10.3 Å². The zero-order valence-electron chi connectivity index (χ0n) is 23.5. The summed E-state index contributed by atoms with van der Waals surface area (Å²) >= 11 is 0. The molecule has 1 unspecified atom stereocenters. The second kappa shape index (κ2) is 12.8. The summed E-state index contributed by atoms with van der Waals surface area (Å²) in [6.07, 6.45) is 6.89. The van der Waals surface area contributed by atoms with Gasteiger partial charge in [-0.05, 0) is 42.3 Å². The molecule has 0 amide bonds. The first-order chi connectivity index (χ1) is 19.5. The Labute approximate surface area is 239 Å². The van der Waals surface area contributed by atoms with Crippen LogP contribution in [-0.4, -0.2) is 68.3 Å². The molecule has 41 heavy (non-hydrogen) atoms. The third-order valence-electron chi connectivity index (χ3n) is 6.60. The van der Waals surface area contributed by atoms with Crippen molar-refractivity contribution in [3.05, 3.63) is 77.5 Å². The molecule has 1 aliphatic heterocycles. The third kappa shape index (κ3) is 7.51. The Morgan fingerprint density at radius 2 is 1.90 bits per heavy atom. The number of carbonyl (C=O) groups excluding carboxylic acids is 1. The van der Waals surface area contributed by atoms with Gasteiger partial charge in [-0.2, -0.15) is 0 Å². The molecule has 218 valence electrons. The van der Waals surface area contributed by atoms with Gasteiger partial charge in [0.2, 0.25) is 16.0 Å². The summed E-state index contributed by atoms with van der Waals surface area (Å²) in [4.78, 5) is 25.8. The average Bonchev–Trinajstić information content (AvgIpc) is 2.95. The van der Waals surface area contributed by atoms with E-state index in [0.29, 0.717) is 40.9 Å². The van der Waals surface area contributed by atoms with Crippen LogP contribution in [0.2, 0.25) is 0 Å². The number of aromatic nitrogens is 3. The van der Waals surface area contributed by atoms with Gasteiger partial charge >= 0.3 is 5.97 Å². The monoisotopic (exact) mass is 584 g/mol. The van der Waals surface area contributed by atoms with Crippen molar-refractivity contribution in [1.29, 1.82) is 0 Å². The Bertz CT molecular complexity index is 1500. The maximum atomic E-state index is 13.8. The van der Waals surface area contributed by atoms with Gasteiger partial charge in [0.1, 0.15) is 11.9 Å². The van der Waals surface area contributed by atoms with Crippen LogP contribution < -0.4 is 4.31 Å². The van der Waals surface area contributed by atoms with Crippen LogP contribution in [0.1, 0.15) is 54.2 Å². The average molecular weight is 585 g/mol. The fourth-order valence-corrected chi connectivity index (χ4v) is 4.73. The number of pyridine rings is 1. The van der Waals surface area contributed by atoms with Crippen LogP contribution in [0.15, 0.2) is 54.9 Å². The Morgan fingerprint density at radius 3 is 2.51 bits per heavy atom. The highest BCUT2D eigenvalue weighted by Crippen LogP contribution is 2.33. The lowest BCUT2D eigenvalue weighted by Crippen LogP contribution is -2.38. The minimum Gasteiger partial charge on any atom is -0.458 e. The normalized spacial score (nSPS) is 19.4. The summed E-state index contributed by atoms with van der Waals surface area (Å²) in [7, 11) is -0.740. The standard InChI is InChI=1S/C29H33FN4O6S/c1-18(2)26-24(27(19-8-10-21(30)11-9-19)33-29(32-26)34(3)41(5,36)37)13-12-22-15-23(16-25(38-4)39-22)40-28(35)20-7-6-14-31-17-20/h6-14,17-18,22-23,25H,15-16H2,1-5H3/t22-,23-,25?/m1/s1. The first kappa shape index (κ1) is 30.2. The predicted molar refractivity (Wildman–Crippen MR) is 152 cm³/mol. The molecule has 1 aliphatic rings. The number of hydrogen-bond donors (Lipinski definition) is 0. The van der Waals surface area contributed by atoms with Crippen LogP contribution >= 0.6 is 0 Å². The smallest absolute Gasteiger partial charge is 0.339 e. The molecule has 0 spiro atoms. The van der Waals surface area contributed by atoms with E-state index in [4.69, 9.17) is 14.2 Å². The largest absolute Gasteiger partial charge is 0.458 e. The molecule has 10 nitrogen and oxygen atoms in total. The van der Waals surface area contributed by atoms with Crippen molar-refractivity contribution in [2.45, 2.75) is 51.1 Å². The molecule has 4 rings (SSSR count).